The highest BCUT2D eigenvalue weighted by atomic mass is 19.1. The van der Waals surface area contributed by atoms with Gasteiger partial charge in [-0.25, -0.2) is 4.39 Å². The van der Waals surface area contributed by atoms with Crippen molar-refractivity contribution in [3.63, 3.8) is 0 Å². The van der Waals surface area contributed by atoms with Gasteiger partial charge in [0.25, 0.3) is 5.91 Å². The number of carbonyl (C=O) groups excluding carboxylic acids is 3. The van der Waals surface area contributed by atoms with Crippen LogP contribution in [0.1, 0.15) is 72.1 Å². The third-order valence-electron chi connectivity index (χ3n) is 9.28. The topological polar surface area (TPSA) is 122 Å². The zero-order chi connectivity index (χ0) is 29.2. The molecule has 0 spiro atoms. The number of nitrogens with one attached hydrogen (secondary N) is 2. The molecule has 2 N–H and O–H groups in total. The van der Waals surface area contributed by atoms with Gasteiger partial charge in [-0.15, -0.1) is 0 Å². The number of pyridine rings is 2. The fourth-order valence-corrected chi connectivity index (χ4v) is 6.70. The average Bonchev–Trinajstić information content (AvgIpc) is 3.66. The number of benzene rings is 1. The number of anilines is 1. The fourth-order valence-electron chi connectivity index (χ4n) is 6.70. The molecule has 1 unspecified atom stereocenters. The lowest BCUT2D eigenvalue weighted by Gasteiger charge is -2.35. The number of hydrogen-bond donors (Lipinski definition) is 2. The van der Waals surface area contributed by atoms with Gasteiger partial charge in [-0.3, -0.25) is 34.4 Å². The van der Waals surface area contributed by atoms with E-state index in [0.29, 0.717) is 47.0 Å². The van der Waals surface area contributed by atoms with Crippen LogP contribution in [0.3, 0.4) is 0 Å². The van der Waals surface area contributed by atoms with E-state index in [4.69, 9.17) is 5.10 Å². The summed E-state index contributed by atoms with van der Waals surface area (Å²) < 4.78 is 16.5. The molecule has 3 aromatic heterocycles. The Bertz CT molecular complexity index is 1810. The van der Waals surface area contributed by atoms with Crippen molar-refractivity contribution < 1.29 is 18.8 Å². The van der Waals surface area contributed by atoms with Gasteiger partial charge in [-0.1, -0.05) is 0 Å². The second-order valence-electron chi connectivity index (χ2n) is 12.2. The van der Waals surface area contributed by atoms with Gasteiger partial charge in [0.1, 0.15) is 11.7 Å². The summed E-state index contributed by atoms with van der Waals surface area (Å²) in [5, 5.41) is 11.4. The number of imide groups is 1. The van der Waals surface area contributed by atoms with E-state index in [-0.39, 0.29) is 30.1 Å². The summed E-state index contributed by atoms with van der Waals surface area (Å²) in [6, 6.07) is 8.88. The molecule has 218 valence electrons. The third kappa shape index (κ3) is 4.54. The van der Waals surface area contributed by atoms with Gasteiger partial charge in [0.2, 0.25) is 11.8 Å². The highest BCUT2D eigenvalue weighted by molar-refractivity contribution is 6.05. The van der Waals surface area contributed by atoms with Crippen molar-refractivity contribution in [2.75, 3.05) is 11.9 Å². The normalized spacial score (nSPS) is 23.3. The molecule has 5 heterocycles. The molecule has 8 rings (SSSR count). The monoisotopic (exact) mass is 579 g/mol. The van der Waals surface area contributed by atoms with Gasteiger partial charge < -0.3 is 10.2 Å². The largest absolute Gasteiger partial charge is 0.385 e. The fraction of sp³-hybridized carbons (Fsp3) is 0.375. The molecule has 3 amide bonds. The van der Waals surface area contributed by atoms with E-state index >= 15 is 0 Å². The van der Waals surface area contributed by atoms with E-state index in [1.165, 1.54) is 6.20 Å². The maximum atomic E-state index is 14.4. The molecule has 1 atom stereocenters. The summed E-state index contributed by atoms with van der Waals surface area (Å²) in [4.78, 5) is 47.3. The Balaban J connectivity index is 0.926. The van der Waals surface area contributed by atoms with Crippen LogP contribution in [0.2, 0.25) is 0 Å². The van der Waals surface area contributed by atoms with Gasteiger partial charge in [-0.2, -0.15) is 5.10 Å². The van der Waals surface area contributed by atoms with Gasteiger partial charge in [0.15, 0.2) is 5.82 Å². The van der Waals surface area contributed by atoms with Crippen molar-refractivity contribution in [3.05, 3.63) is 71.6 Å². The zero-order valence-electron chi connectivity index (χ0n) is 23.4. The van der Waals surface area contributed by atoms with Crippen LogP contribution in [0, 0.1) is 11.7 Å². The number of carbonyl (C=O) groups is 3. The summed E-state index contributed by atoms with van der Waals surface area (Å²) >= 11 is 0. The van der Waals surface area contributed by atoms with Crippen LogP contribution in [-0.2, 0) is 16.1 Å². The van der Waals surface area contributed by atoms with E-state index in [9.17, 15) is 18.8 Å². The van der Waals surface area contributed by atoms with Crippen molar-refractivity contribution in [2.45, 2.75) is 63.1 Å². The molecule has 4 aliphatic rings. The lowest BCUT2D eigenvalue weighted by molar-refractivity contribution is -0.136. The Morgan fingerprint density at radius 3 is 2.72 bits per heavy atom. The number of piperidine rings is 1. The Morgan fingerprint density at radius 2 is 1.91 bits per heavy atom. The van der Waals surface area contributed by atoms with Crippen molar-refractivity contribution in [1.82, 2.24) is 30.0 Å². The highest BCUT2D eigenvalue weighted by Crippen LogP contribution is 2.46. The van der Waals surface area contributed by atoms with E-state index in [2.05, 4.69) is 31.5 Å². The first-order chi connectivity index (χ1) is 20.9. The Hall–Kier alpha value is -4.67. The van der Waals surface area contributed by atoms with Crippen molar-refractivity contribution in [2.24, 2.45) is 5.92 Å². The number of hydrogen-bond acceptors (Lipinski definition) is 7. The van der Waals surface area contributed by atoms with Gasteiger partial charge in [-0.05, 0) is 73.9 Å². The molecule has 10 nitrogen and oxygen atoms in total. The predicted molar refractivity (Wildman–Crippen MR) is 155 cm³/mol. The van der Waals surface area contributed by atoms with Crippen molar-refractivity contribution >= 4 is 34.3 Å². The lowest BCUT2D eigenvalue weighted by Crippen LogP contribution is -2.52. The summed E-state index contributed by atoms with van der Waals surface area (Å²) in [6.45, 7) is 1.16. The first-order valence-electron chi connectivity index (χ1n) is 14.9. The highest BCUT2D eigenvalue weighted by Gasteiger charge is 2.39. The number of nitrogens with zero attached hydrogens (tertiary/aromatic N) is 5. The molecule has 4 aromatic rings. The van der Waals surface area contributed by atoms with Crippen LogP contribution in [-0.4, -0.2) is 55.0 Å². The number of rotatable bonds is 7. The predicted octanol–water partition coefficient (Wildman–Crippen LogP) is 4.33. The Morgan fingerprint density at radius 1 is 1.05 bits per heavy atom. The summed E-state index contributed by atoms with van der Waals surface area (Å²) in [5.41, 5.74) is 5.68. The minimum atomic E-state index is -0.613. The number of aromatic nitrogens is 4. The molecular formula is C32H30FN7O3. The minimum Gasteiger partial charge on any atom is -0.385 e. The van der Waals surface area contributed by atoms with Gasteiger partial charge in [0.05, 0.1) is 23.4 Å². The molecule has 0 bridgehead atoms. The van der Waals surface area contributed by atoms with Crippen molar-refractivity contribution in [1.29, 1.82) is 0 Å². The Labute approximate surface area is 246 Å². The second kappa shape index (κ2) is 9.96. The summed E-state index contributed by atoms with van der Waals surface area (Å²) in [6.07, 6.45) is 9.79. The quantitative estimate of drug-likeness (QED) is 0.313. The van der Waals surface area contributed by atoms with Crippen LogP contribution in [0.25, 0.3) is 22.2 Å². The van der Waals surface area contributed by atoms with Crippen LogP contribution >= 0.6 is 0 Å². The first kappa shape index (κ1) is 26.0. The molecule has 1 aromatic carbocycles. The molecular weight excluding hydrogens is 549 g/mol. The van der Waals surface area contributed by atoms with Crippen LogP contribution in [0.15, 0.2) is 48.9 Å². The van der Waals surface area contributed by atoms with Gasteiger partial charge >= 0.3 is 0 Å². The molecule has 11 heteroatoms. The maximum absolute atomic E-state index is 14.4. The zero-order valence-corrected chi connectivity index (χ0v) is 23.4. The van der Waals surface area contributed by atoms with Crippen LogP contribution < -0.4 is 10.6 Å². The molecule has 2 saturated carbocycles. The molecule has 2 aliphatic heterocycles. The lowest BCUT2D eigenvalue weighted by atomic mass is 9.80. The van der Waals surface area contributed by atoms with Gasteiger partial charge in [0, 0.05) is 60.0 Å². The number of amides is 3. The van der Waals surface area contributed by atoms with Crippen LogP contribution in [0.4, 0.5) is 10.1 Å². The van der Waals surface area contributed by atoms with E-state index < -0.39 is 11.9 Å². The molecule has 1 saturated heterocycles. The average molecular weight is 580 g/mol. The molecule has 43 heavy (non-hydrogen) atoms. The smallest absolute Gasteiger partial charge is 0.255 e. The second-order valence-corrected chi connectivity index (χ2v) is 12.2. The van der Waals surface area contributed by atoms with E-state index in [0.717, 1.165) is 54.7 Å². The van der Waals surface area contributed by atoms with Crippen LogP contribution in [0.5, 0.6) is 0 Å². The number of halogens is 1. The third-order valence-corrected chi connectivity index (χ3v) is 9.28. The molecule has 3 fully saturated rings. The SMILES string of the molecule is O=C1CCC(N2Cc3cc(NC[C@H]4C[C@H](n5cc(-c6ncc(F)c7cccnc67)c(C6CC6)n5)C4)ccc3C2=O)C(=O)N1. The molecule has 0 radical (unpaired) electrons. The number of fused-ring (bicyclic) bond motifs is 2. The van der Waals surface area contributed by atoms with E-state index in [1.807, 2.05) is 18.2 Å². The summed E-state index contributed by atoms with van der Waals surface area (Å²) in [5.74, 6) is -0.338. The van der Waals surface area contributed by atoms with E-state index in [1.54, 1.807) is 23.2 Å². The molecule has 2 aliphatic carbocycles. The van der Waals surface area contributed by atoms with Crippen molar-refractivity contribution in [3.8, 4) is 11.3 Å². The standard InChI is InChI=1S/C32H30FN7O3/c33-25-14-36-30(29-23(25)2-1-9-34-29)24-16-40(38-28(24)18-3-4-18)21-10-17(11-21)13-35-20-5-6-22-19(12-20)15-39(32(22)43)26-7-8-27(41)37-31(26)42/h1-2,5-6,9,12,14,16-18,21,26,35H,3-4,7-8,10-11,13,15H2,(H,37,41,42)/t17-,21-,26?. The maximum Gasteiger partial charge on any atom is 0.255 e. The summed E-state index contributed by atoms with van der Waals surface area (Å²) in [7, 11) is 0. The first-order valence-corrected chi connectivity index (χ1v) is 14.9. The Kier molecular flexibility index (Phi) is 6.02. The minimum absolute atomic E-state index is 0.165.